The zero-order chi connectivity index (χ0) is 11.9. The molecule has 4 nitrogen and oxygen atoms in total. The van der Waals surface area contributed by atoms with Crippen molar-refractivity contribution >= 4 is 48.9 Å². The van der Waals surface area contributed by atoms with Crippen LogP contribution < -0.4 is 5.73 Å². The van der Waals surface area contributed by atoms with Crippen molar-refractivity contribution in [3.63, 3.8) is 0 Å². The topological polar surface area (TPSA) is 63.4 Å². The molecule has 8 heteroatoms. The number of rotatable bonds is 2. The van der Waals surface area contributed by atoms with Crippen LogP contribution in [0.5, 0.6) is 0 Å². The summed E-state index contributed by atoms with van der Waals surface area (Å²) < 4.78 is 26.6. The van der Waals surface area contributed by atoms with Gasteiger partial charge in [0.15, 0.2) is 0 Å². The van der Waals surface area contributed by atoms with Gasteiger partial charge in [0.05, 0.1) is 15.0 Å². The zero-order valence-electron chi connectivity index (χ0n) is 8.19. The summed E-state index contributed by atoms with van der Waals surface area (Å²) in [6.07, 6.45) is 1.10. The van der Waals surface area contributed by atoms with Gasteiger partial charge in [0.1, 0.15) is 4.21 Å². The first-order chi connectivity index (χ1) is 7.43. The molecular formula is C8H10BrClN2O2S2. The van der Waals surface area contributed by atoms with E-state index in [0.29, 0.717) is 21.8 Å². The molecule has 0 aromatic carbocycles. The lowest BCUT2D eigenvalue weighted by Gasteiger charge is -2.19. The minimum atomic E-state index is -3.48. The van der Waals surface area contributed by atoms with Gasteiger partial charge in [-0.25, -0.2) is 8.42 Å². The second-order valence-corrected chi connectivity index (χ2v) is 8.41. The summed E-state index contributed by atoms with van der Waals surface area (Å²) in [6, 6.07) is 1.46. The minimum Gasteiger partial charge on any atom is -0.315 e. The van der Waals surface area contributed by atoms with E-state index in [2.05, 4.69) is 15.9 Å². The van der Waals surface area contributed by atoms with Crippen LogP contribution in [0, 0.1) is 0 Å². The Kier molecular flexibility index (Phi) is 3.63. The van der Waals surface area contributed by atoms with Crippen LogP contribution in [0.25, 0.3) is 0 Å². The first kappa shape index (κ1) is 12.8. The number of hydrogen-bond acceptors (Lipinski definition) is 4. The van der Waals surface area contributed by atoms with Crippen molar-refractivity contribution in [2.45, 2.75) is 23.2 Å². The molecule has 16 heavy (non-hydrogen) atoms. The highest BCUT2D eigenvalue weighted by Gasteiger charge is 2.34. The lowest BCUT2D eigenvalue weighted by Crippen LogP contribution is -2.40. The van der Waals surface area contributed by atoms with Crippen molar-refractivity contribution in [2.75, 3.05) is 6.54 Å². The molecule has 1 aliphatic heterocycles. The van der Waals surface area contributed by atoms with Crippen LogP contribution in [-0.2, 0) is 10.0 Å². The van der Waals surface area contributed by atoms with Gasteiger partial charge < -0.3 is 5.73 Å². The highest BCUT2D eigenvalue weighted by Crippen LogP contribution is 2.37. The molecule has 2 rings (SSSR count). The van der Waals surface area contributed by atoms with Crippen LogP contribution in [0.3, 0.4) is 0 Å². The van der Waals surface area contributed by atoms with Gasteiger partial charge in [0, 0.05) is 6.54 Å². The predicted molar refractivity (Wildman–Crippen MR) is 68.1 cm³/mol. The average Bonchev–Trinajstić information content (AvgIpc) is 2.75. The Morgan fingerprint density at radius 1 is 1.62 bits per heavy atom. The van der Waals surface area contributed by atoms with E-state index in [9.17, 15) is 8.42 Å². The summed E-state index contributed by atoms with van der Waals surface area (Å²) in [5, 5.41) is 0.413. The third kappa shape index (κ3) is 2.16. The van der Waals surface area contributed by atoms with Crippen LogP contribution in [0.1, 0.15) is 12.8 Å². The Morgan fingerprint density at radius 2 is 2.31 bits per heavy atom. The number of hydrogen-bond donors (Lipinski definition) is 1. The number of thiophene rings is 1. The maximum Gasteiger partial charge on any atom is 0.254 e. The van der Waals surface area contributed by atoms with E-state index < -0.39 is 16.2 Å². The maximum absolute atomic E-state index is 12.2. The van der Waals surface area contributed by atoms with Crippen molar-refractivity contribution in [2.24, 2.45) is 5.73 Å². The SMILES string of the molecule is NC1CCCN1S(=O)(=O)c1cc(Cl)c(Br)s1. The van der Waals surface area contributed by atoms with Crippen molar-refractivity contribution in [1.82, 2.24) is 4.31 Å². The number of sulfonamides is 1. The summed E-state index contributed by atoms with van der Waals surface area (Å²) in [5.41, 5.74) is 5.75. The molecule has 1 atom stereocenters. The molecule has 0 bridgehead atoms. The predicted octanol–water partition coefficient (Wildman–Crippen LogP) is 2.23. The van der Waals surface area contributed by atoms with Crippen LogP contribution in [-0.4, -0.2) is 25.4 Å². The number of nitrogens with zero attached hydrogens (tertiary/aromatic N) is 1. The molecule has 0 radical (unpaired) electrons. The summed E-state index contributed by atoms with van der Waals surface area (Å²) in [5.74, 6) is 0. The molecule has 1 unspecified atom stereocenters. The second kappa shape index (κ2) is 4.55. The highest BCUT2D eigenvalue weighted by molar-refractivity contribution is 9.11. The molecule has 1 saturated heterocycles. The molecule has 1 aliphatic rings. The molecule has 2 N–H and O–H groups in total. The normalized spacial score (nSPS) is 22.8. The van der Waals surface area contributed by atoms with Crippen LogP contribution >= 0.6 is 38.9 Å². The van der Waals surface area contributed by atoms with E-state index in [4.69, 9.17) is 17.3 Å². The molecule has 0 saturated carbocycles. The van der Waals surface area contributed by atoms with Gasteiger partial charge in [-0.15, -0.1) is 11.3 Å². The summed E-state index contributed by atoms with van der Waals surface area (Å²) >= 11 is 10.1. The van der Waals surface area contributed by atoms with Gasteiger partial charge >= 0.3 is 0 Å². The summed E-state index contributed by atoms with van der Waals surface area (Å²) in [4.78, 5) is 0. The van der Waals surface area contributed by atoms with Crippen molar-refractivity contribution in [3.05, 3.63) is 14.9 Å². The van der Waals surface area contributed by atoms with E-state index in [0.717, 1.165) is 17.8 Å². The number of halogens is 2. The Labute approximate surface area is 112 Å². The molecule has 0 aliphatic carbocycles. The van der Waals surface area contributed by atoms with E-state index in [1.54, 1.807) is 0 Å². The largest absolute Gasteiger partial charge is 0.315 e. The molecule has 1 aromatic rings. The molecular weight excluding hydrogens is 336 g/mol. The highest BCUT2D eigenvalue weighted by atomic mass is 79.9. The lowest BCUT2D eigenvalue weighted by atomic mass is 10.3. The molecule has 0 spiro atoms. The standard InChI is InChI=1S/C8H10BrClN2O2S2/c9-8-5(10)4-7(15-8)16(13,14)12-3-1-2-6(12)11/h4,6H,1-3,11H2. The Balaban J connectivity index is 2.38. The quantitative estimate of drug-likeness (QED) is 0.894. The Bertz CT molecular complexity index is 483. The van der Waals surface area contributed by atoms with Crippen LogP contribution in [0.15, 0.2) is 14.1 Å². The Morgan fingerprint density at radius 3 is 2.75 bits per heavy atom. The van der Waals surface area contributed by atoms with E-state index in [1.165, 1.54) is 10.4 Å². The average molecular weight is 346 g/mol. The molecule has 1 fully saturated rings. The Hall–Kier alpha value is 0.340. The van der Waals surface area contributed by atoms with E-state index in [1.807, 2.05) is 0 Å². The maximum atomic E-state index is 12.2. The van der Waals surface area contributed by atoms with E-state index in [-0.39, 0.29) is 4.21 Å². The first-order valence-electron chi connectivity index (χ1n) is 4.65. The monoisotopic (exact) mass is 344 g/mol. The van der Waals surface area contributed by atoms with Gasteiger partial charge in [-0.1, -0.05) is 11.6 Å². The van der Waals surface area contributed by atoms with Gasteiger partial charge in [-0.3, -0.25) is 0 Å². The van der Waals surface area contributed by atoms with Gasteiger partial charge in [-0.2, -0.15) is 4.31 Å². The van der Waals surface area contributed by atoms with Crippen molar-refractivity contribution in [1.29, 1.82) is 0 Å². The summed E-state index contributed by atoms with van der Waals surface area (Å²) in [6.45, 7) is 0.483. The van der Waals surface area contributed by atoms with Crippen LogP contribution in [0.2, 0.25) is 5.02 Å². The lowest BCUT2D eigenvalue weighted by molar-refractivity contribution is 0.397. The fraction of sp³-hybridized carbons (Fsp3) is 0.500. The third-order valence-corrected chi connectivity index (χ3v) is 7.28. The molecule has 2 heterocycles. The van der Waals surface area contributed by atoms with E-state index >= 15 is 0 Å². The molecule has 90 valence electrons. The molecule has 0 amide bonds. The summed E-state index contributed by atoms with van der Waals surface area (Å²) in [7, 11) is -3.48. The second-order valence-electron chi connectivity index (χ2n) is 3.51. The van der Waals surface area contributed by atoms with Crippen molar-refractivity contribution in [3.8, 4) is 0 Å². The van der Waals surface area contributed by atoms with Gasteiger partial charge in [-0.05, 0) is 34.8 Å². The molecule has 1 aromatic heterocycles. The fourth-order valence-corrected chi connectivity index (χ4v) is 5.74. The smallest absolute Gasteiger partial charge is 0.254 e. The van der Waals surface area contributed by atoms with Gasteiger partial charge in [0.25, 0.3) is 10.0 Å². The van der Waals surface area contributed by atoms with Crippen LogP contribution in [0.4, 0.5) is 0 Å². The number of nitrogens with two attached hydrogens (primary N) is 1. The zero-order valence-corrected chi connectivity index (χ0v) is 12.2. The fourth-order valence-electron chi connectivity index (χ4n) is 1.63. The third-order valence-electron chi connectivity index (χ3n) is 2.43. The van der Waals surface area contributed by atoms with Gasteiger partial charge in [0.2, 0.25) is 0 Å². The van der Waals surface area contributed by atoms with Crippen molar-refractivity contribution < 1.29 is 8.42 Å². The first-order valence-corrected chi connectivity index (χ1v) is 8.08. The minimum absolute atomic E-state index is 0.238.